The fourth-order valence-electron chi connectivity index (χ4n) is 5.70. The Morgan fingerprint density at radius 3 is 2.44 bits per heavy atom. The molecule has 5 atom stereocenters. The summed E-state index contributed by atoms with van der Waals surface area (Å²) < 4.78 is 5.89. The molecule has 2 rings (SSSR count). The van der Waals surface area contributed by atoms with Gasteiger partial charge in [0.05, 0.1) is 18.6 Å². The van der Waals surface area contributed by atoms with Crippen LogP contribution in [0.4, 0.5) is 0 Å². The van der Waals surface area contributed by atoms with E-state index in [1.807, 2.05) is 42.0 Å². The van der Waals surface area contributed by atoms with Crippen molar-refractivity contribution in [2.24, 2.45) is 17.8 Å². The van der Waals surface area contributed by atoms with Gasteiger partial charge in [0.25, 0.3) is 0 Å². The number of likely N-dealkylation sites (tertiary alicyclic amines) is 1. The Morgan fingerprint density at radius 2 is 1.82 bits per heavy atom. The highest BCUT2D eigenvalue weighted by molar-refractivity contribution is 5.80. The fraction of sp³-hybridized carbons (Fsp3) is 0.719. The number of ether oxygens (including phenoxy) is 1. The standard InChI is InChI=1S/C32H53N3O4/c1-8-24(4)31(34(6)29(36)17-16-23(2)3)28(39-7)22-30(37)35-20-12-15-27(35)21-25(5)32(38)33-19-18-26-13-10-9-11-14-26/h9-11,13-14,23-25,27-28,31H,8,12,15-22H2,1-7H3,(H,33,38)/t24?,25?,27-,28?,31?/m0/s1. The van der Waals surface area contributed by atoms with Crippen LogP contribution in [0.5, 0.6) is 0 Å². The summed E-state index contributed by atoms with van der Waals surface area (Å²) in [4.78, 5) is 43.1. The number of rotatable bonds is 16. The van der Waals surface area contributed by atoms with E-state index in [9.17, 15) is 14.4 Å². The van der Waals surface area contributed by atoms with E-state index in [2.05, 4.69) is 45.1 Å². The molecule has 0 saturated carbocycles. The molecule has 220 valence electrons. The van der Waals surface area contributed by atoms with Crippen molar-refractivity contribution in [3.8, 4) is 0 Å². The maximum absolute atomic E-state index is 13.6. The first kappa shape index (κ1) is 32.8. The molecule has 1 fully saturated rings. The summed E-state index contributed by atoms with van der Waals surface area (Å²) in [5.74, 6) is 0.690. The van der Waals surface area contributed by atoms with Crippen molar-refractivity contribution in [2.45, 2.75) is 104 Å². The van der Waals surface area contributed by atoms with E-state index in [1.165, 1.54) is 5.56 Å². The largest absolute Gasteiger partial charge is 0.379 e. The summed E-state index contributed by atoms with van der Waals surface area (Å²) in [5.41, 5.74) is 1.20. The Bertz CT molecular complexity index is 891. The zero-order valence-electron chi connectivity index (χ0n) is 25.4. The second-order valence-corrected chi connectivity index (χ2v) is 11.8. The maximum Gasteiger partial charge on any atom is 0.225 e. The van der Waals surface area contributed by atoms with Crippen LogP contribution in [0.15, 0.2) is 30.3 Å². The minimum Gasteiger partial charge on any atom is -0.379 e. The van der Waals surface area contributed by atoms with Crippen LogP contribution in [0, 0.1) is 17.8 Å². The molecule has 1 heterocycles. The predicted octanol–water partition coefficient (Wildman–Crippen LogP) is 5.08. The molecule has 1 saturated heterocycles. The summed E-state index contributed by atoms with van der Waals surface area (Å²) in [6.07, 6.45) is 5.42. The number of amides is 3. The molecule has 0 radical (unpaired) electrons. The van der Waals surface area contributed by atoms with Gasteiger partial charge < -0.3 is 19.9 Å². The Kier molecular flexibility index (Phi) is 14.0. The summed E-state index contributed by atoms with van der Waals surface area (Å²) in [7, 11) is 3.50. The molecule has 1 aromatic carbocycles. The molecule has 4 unspecified atom stereocenters. The van der Waals surface area contributed by atoms with E-state index in [0.29, 0.717) is 31.8 Å². The number of likely N-dealkylation sites (N-methyl/N-ethyl adjacent to an activating group) is 1. The van der Waals surface area contributed by atoms with Gasteiger partial charge in [-0.3, -0.25) is 14.4 Å². The van der Waals surface area contributed by atoms with Crippen molar-refractivity contribution < 1.29 is 19.1 Å². The topological polar surface area (TPSA) is 79.0 Å². The van der Waals surface area contributed by atoms with Crippen LogP contribution >= 0.6 is 0 Å². The van der Waals surface area contributed by atoms with Crippen molar-refractivity contribution in [2.75, 3.05) is 27.2 Å². The van der Waals surface area contributed by atoms with Gasteiger partial charge in [0.15, 0.2) is 0 Å². The Hall–Kier alpha value is -2.41. The Morgan fingerprint density at radius 1 is 1.13 bits per heavy atom. The molecule has 39 heavy (non-hydrogen) atoms. The fourth-order valence-corrected chi connectivity index (χ4v) is 5.70. The van der Waals surface area contributed by atoms with Crippen molar-refractivity contribution in [1.29, 1.82) is 0 Å². The number of hydrogen-bond acceptors (Lipinski definition) is 4. The highest BCUT2D eigenvalue weighted by atomic mass is 16.5. The molecule has 0 aromatic heterocycles. The van der Waals surface area contributed by atoms with E-state index >= 15 is 0 Å². The van der Waals surface area contributed by atoms with Crippen molar-refractivity contribution >= 4 is 17.7 Å². The van der Waals surface area contributed by atoms with Gasteiger partial charge in [0.2, 0.25) is 17.7 Å². The first-order chi connectivity index (χ1) is 18.6. The number of carbonyl (C=O) groups is 3. The van der Waals surface area contributed by atoms with Gasteiger partial charge in [0.1, 0.15) is 0 Å². The lowest BCUT2D eigenvalue weighted by Gasteiger charge is -2.38. The highest BCUT2D eigenvalue weighted by Gasteiger charge is 2.37. The van der Waals surface area contributed by atoms with Crippen LogP contribution < -0.4 is 5.32 Å². The minimum absolute atomic E-state index is 0.0402. The Labute approximate surface area is 237 Å². The van der Waals surface area contributed by atoms with Gasteiger partial charge in [-0.05, 0) is 49.5 Å². The summed E-state index contributed by atoms with van der Waals surface area (Å²) >= 11 is 0. The summed E-state index contributed by atoms with van der Waals surface area (Å²) in [5, 5.41) is 3.06. The second-order valence-electron chi connectivity index (χ2n) is 11.8. The molecule has 7 nitrogen and oxygen atoms in total. The molecule has 1 aliphatic rings. The lowest BCUT2D eigenvalue weighted by molar-refractivity contribution is -0.143. The van der Waals surface area contributed by atoms with Crippen LogP contribution in [0.3, 0.4) is 0 Å². The normalized spacial score (nSPS) is 18.5. The number of hydrogen-bond donors (Lipinski definition) is 1. The minimum atomic E-state index is -0.375. The molecule has 1 aliphatic heterocycles. The lowest BCUT2D eigenvalue weighted by Crippen LogP contribution is -2.51. The van der Waals surface area contributed by atoms with Gasteiger partial charge in [-0.25, -0.2) is 0 Å². The predicted molar refractivity (Wildman–Crippen MR) is 157 cm³/mol. The zero-order chi connectivity index (χ0) is 28.9. The van der Waals surface area contributed by atoms with Crippen LogP contribution in [0.2, 0.25) is 0 Å². The van der Waals surface area contributed by atoms with E-state index in [-0.39, 0.29) is 54.2 Å². The SMILES string of the molecule is CCC(C)C(C(CC(=O)N1CCC[C@H]1CC(C)C(=O)NCCc1ccccc1)OC)N(C)C(=O)CCC(C)C. The van der Waals surface area contributed by atoms with Crippen molar-refractivity contribution in [3.63, 3.8) is 0 Å². The van der Waals surface area contributed by atoms with Gasteiger partial charge in [-0.2, -0.15) is 0 Å². The zero-order valence-corrected chi connectivity index (χ0v) is 25.4. The van der Waals surface area contributed by atoms with Crippen LogP contribution in [0.1, 0.15) is 85.1 Å². The average Bonchev–Trinajstić information content (AvgIpc) is 3.39. The molecular formula is C32H53N3O4. The molecular weight excluding hydrogens is 490 g/mol. The molecule has 0 aliphatic carbocycles. The maximum atomic E-state index is 13.6. The highest BCUT2D eigenvalue weighted by Crippen LogP contribution is 2.28. The number of carbonyl (C=O) groups excluding carboxylic acids is 3. The van der Waals surface area contributed by atoms with Crippen LogP contribution in [0.25, 0.3) is 0 Å². The summed E-state index contributed by atoms with van der Waals surface area (Å²) in [6.45, 7) is 11.8. The van der Waals surface area contributed by atoms with Crippen LogP contribution in [-0.2, 0) is 25.5 Å². The third kappa shape index (κ3) is 10.3. The molecule has 0 spiro atoms. The number of methoxy groups -OCH3 is 1. The number of nitrogens with zero attached hydrogens (tertiary/aromatic N) is 2. The van der Waals surface area contributed by atoms with E-state index in [0.717, 1.165) is 32.1 Å². The molecule has 3 amide bonds. The first-order valence-electron chi connectivity index (χ1n) is 15.0. The number of benzene rings is 1. The molecule has 7 heteroatoms. The molecule has 0 bridgehead atoms. The Balaban J connectivity index is 1.97. The first-order valence-corrected chi connectivity index (χ1v) is 15.0. The van der Waals surface area contributed by atoms with E-state index in [4.69, 9.17) is 4.74 Å². The van der Waals surface area contributed by atoms with Gasteiger partial charge in [0, 0.05) is 45.6 Å². The number of nitrogens with one attached hydrogen (secondary N) is 1. The second kappa shape index (κ2) is 16.6. The molecule has 1 aromatic rings. The quantitative estimate of drug-likeness (QED) is 0.316. The third-order valence-electron chi connectivity index (χ3n) is 8.39. The van der Waals surface area contributed by atoms with Crippen molar-refractivity contribution in [1.82, 2.24) is 15.1 Å². The monoisotopic (exact) mass is 543 g/mol. The molecule has 1 N–H and O–H groups in total. The third-order valence-corrected chi connectivity index (χ3v) is 8.39. The van der Waals surface area contributed by atoms with Gasteiger partial charge in [-0.1, -0.05) is 71.4 Å². The van der Waals surface area contributed by atoms with E-state index in [1.54, 1.807) is 7.11 Å². The average molecular weight is 544 g/mol. The van der Waals surface area contributed by atoms with Gasteiger partial charge in [-0.15, -0.1) is 0 Å². The smallest absolute Gasteiger partial charge is 0.225 e. The summed E-state index contributed by atoms with van der Waals surface area (Å²) in [6, 6.07) is 10.0. The van der Waals surface area contributed by atoms with Crippen molar-refractivity contribution in [3.05, 3.63) is 35.9 Å². The van der Waals surface area contributed by atoms with Gasteiger partial charge >= 0.3 is 0 Å². The lowest BCUT2D eigenvalue weighted by atomic mass is 9.90. The van der Waals surface area contributed by atoms with E-state index < -0.39 is 0 Å². The van der Waals surface area contributed by atoms with Crippen LogP contribution in [-0.4, -0.2) is 73.0 Å².